The van der Waals surface area contributed by atoms with Crippen molar-refractivity contribution >= 4 is 31.1 Å². The van der Waals surface area contributed by atoms with Crippen LogP contribution in [-0.4, -0.2) is 18.2 Å². The van der Waals surface area contributed by atoms with Gasteiger partial charge in [-0.25, -0.2) is 0 Å². The van der Waals surface area contributed by atoms with Crippen molar-refractivity contribution in [2.45, 2.75) is 115 Å². The smallest absolute Gasteiger partial charge is 0.307 e. The first kappa shape index (κ1) is 22.2. The maximum atomic E-state index is 3.67. The zero-order valence-corrected chi connectivity index (χ0v) is 18.0. The third-order valence-electron chi connectivity index (χ3n) is 4.65. The van der Waals surface area contributed by atoms with Gasteiger partial charge < -0.3 is 12.9 Å². The van der Waals surface area contributed by atoms with E-state index in [1.165, 1.54) is 101 Å². The van der Waals surface area contributed by atoms with Crippen LogP contribution in [0.1, 0.15) is 110 Å². The minimum absolute atomic E-state index is 0.114. The first-order valence-corrected chi connectivity index (χ1v) is 14.8. The molecule has 1 unspecified atom stereocenters. The van der Waals surface area contributed by atoms with Gasteiger partial charge in [-0.3, -0.25) is 0 Å². The Hall–Kier alpha value is 1.25. The Morgan fingerprint density at radius 3 is 1.43 bits per heavy atom. The van der Waals surface area contributed by atoms with Crippen LogP contribution in [-0.2, 0) is 0 Å². The largest absolute Gasteiger partial charge is 0.468 e. The van der Waals surface area contributed by atoms with E-state index in [2.05, 4.69) is 26.7 Å². The van der Waals surface area contributed by atoms with E-state index in [1.807, 2.05) is 0 Å². The second-order valence-corrected chi connectivity index (χ2v) is 10.3. The van der Waals surface area contributed by atoms with Gasteiger partial charge in [0.25, 0.3) is 0 Å². The highest BCUT2D eigenvalue weighted by Crippen LogP contribution is 2.16. The van der Waals surface area contributed by atoms with E-state index < -0.39 is 0 Å². The number of hydrogen-bond donors (Lipinski definition) is 0. The summed E-state index contributed by atoms with van der Waals surface area (Å²) < 4.78 is 1.48. The summed E-state index contributed by atoms with van der Waals surface area (Å²) in [6.45, 7) is 4.72. The van der Waals surface area contributed by atoms with Crippen molar-refractivity contribution in [3.63, 3.8) is 0 Å². The number of hydrogen-bond acceptors (Lipinski definition) is 0. The van der Waals surface area contributed by atoms with Gasteiger partial charge in [-0.05, 0) is 0 Å². The van der Waals surface area contributed by atoms with Crippen LogP contribution >= 0.6 is 12.9 Å². The summed E-state index contributed by atoms with van der Waals surface area (Å²) in [5.41, 5.74) is 0. The van der Waals surface area contributed by atoms with Gasteiger partial charge in [0.1, 0.15) is 0 Å². The molecule has 21 heavy (non-hydrogen) atoms. The first-order valence-electron chi connectivity index (χ1n) is 9.87. The van der Waals surface area contributed by atoms with Crippen LogP contribution in [0.15, 0.2) is 0 Å². The van der Waals surface area contributed by atoms with Crippen molar-refractivity contribution in [1.82, 2.24) is 0 Å². The van der Waals surface area contributed by atoms with Gasteiger partial charge in [0.05, 0.1) is 0 Å². The van der Waals surface area contributed by atoms with E-state index in [0.29, 0.717) is 0 Å². The van der Waals surface area contributed by atoms with Crippen molar-refractivity contribution in [3.05, 3.63) is 0 Å². The Morgan fingerprint density at radius 2 is 1.05 bits per heavy atom. The quantitative estimate of drug-likeness (QED) is 0.180. The zero-order valence-electron chi connectivity index (χ0n) is 15.0. The standard InChI is InChI=1S/C19H39.BrH.Mg/c1-4-5-6-7-8-9-10-11-12-13-14-15-16-17-18-19(2)3;;/h19H,2,4-18H2,1,3H3;1H;/q;;+1/p-1. The average molecular weight is 372 g/mol. The van der Waals surface area contributed by atoms with Crippen molar-refractivity contribution < 1.29 is 0 Å². The van der Waals surface area contributed by atoms with Gasteiger partial charge in [0.2, 0.25) is 0 Å². The minimum atomic E-state index is 0.114. The molecule has 0 aliphatic rings. The number of rotatable bonds is 17. The summed E-state index contributed by atoms with van der Waals surface area (Å²) in [4.78, 5) is 0. The maximum Gasteiger partial charge on any atom is 0.468 e. The Bertz CT molecular complexity index is 184. The lowest BCUT2D eigenvalue weighted by Crippen LogP contribution is -1.95. The summed E-state index contributed by atoms with van der Waals surface area (Å²) in [6, 6.07) is 0. The molecule has 0 N–H and O–H groups in total. The molecule has 0 aromatic carbocycles. The summed E-state index contributed by atoms with van der Waals surface area (Å²) in [5.74, 6) is 0.980. The van der Waals surface area contributed by atoms with E-state index in [1.54, 1.807) is 0 Å². The minimum Gasteiger partial charge on any atom is -0.307 e. The maximum absolute atomic E-state index is 3.67. The fraction of sp³-hybridized carbons (Fsp3) is 1.00. The highest BCUT2D eigenvalue weighted by atomic mass is 79.9. The molecule has 0 nitrogen and oxygen atoms in total. The van der Waals surface area contributed by atoms with Gasteiger partial charge >= 0.3 is 18.2 Å². The Morgan fingerprint density at radius 1 is 0.667 bits per heavy atom. The van der Waals surface area contributed by atoms with Crippen LogP contribution in [0.3, 0.4) is 0 Å². The van der Waals surface area contributed by atoms with Gasteiger partial charge in [0, 0.05) is 0 Å². The van der Waals surface area contributed by atoms with E-state index in [-0.39, 0.29) is 18.2 Å². The third-order valence-corrected chi connectivity index (χ3v) is 7.23. The molecule has 0 aromatic rings. The fourth-order valence-electron chi connectivity index (χ4n) is 3.02. The molecule has 124 valence electrons. The molecule has 0 bridgehead atoms. The van der Waals surface area contributed by atoms with Crippen molar-refractivity contribution in [1.29, 1.82) is 0 Å². The molecule has 0 aromatic heterocycles. The molecular formula is C19H39BrMg. The predicted molar refractivity (Wildman–Crippen MR) is 104 cm³/mol. The number of halogens is 1. The van der Waals surface area contributed by atoms with Crippen molar-refractivity contribution in [2.75, 3.05) is 0 Å². The van der Waals surface area contributed by atoms with Gasteiger partial charge in [0.15, 0.2) is 0 Å². The first-order chi connectivity index (χ1) is 10.3. The summed E-state index contributed by atoms with van der Waals surface area (Å²) in [5, 5.41) is 0. The lowest BCUT2D eigenvalue weighted by atomic mass is 10.0. The Kier molecular flexibility index (Phi) is 20.4. The lowest BCUT2D eigenvalue weighted by Gasteiger charge is -2.08. The van der Waals surface area contributed by atoms with E-state index in [9.17, 15) is 0 Å². The lowest BCUT2D eigenvalue weighted by molar-refractivity contribution is 0.502. The molecular weight excluding hydrogens is 332 g/mol. The highest BCUT2D eigenvalue weighted by Gasteiger charge is 2.02. The molecule has 0 aliphatic carbocycles. The Labute approximate surface area is 151 Å². The predicted octanol–water partition coefficient (Wildman–Crippen LogP) is 7.93. The molecule has 0 spiro atoms. The fourth-order valence-corrected chi connectivity index (χ4v) is 6.02. The SMILES string of the molecule is CCCCCCCCCCCCCCCCC(C)[CH2][Mg][Br]. The van der Waals surface area contributed by atoms with Gasteiger partial charge in [-0.2, -0.15) is 0 Å². The van der Waals surface area contributed by atoms with E-state index in [4.69, 9.17) is 0 Å². The van der Waals surface area contributed by atoms with Gasteiger partial charge in [-0.15, -0.1) is 4.55 Å². The Balaban J connectivity index is 2.99. The average Bonchev–Trinajstić information content (AvgIpc) is 2.48. The molecule has 0 rings (SSSR count). The molecule has 0 heterocycles. The third kappa shape index (κ3) is 19.2. The summed E-state index contributed by atoms with van der Waals surface area (Å²) in [6.07, 6.45) is 22.1. The van der Waals surface area contributed by atoms with E-state index in [0.717, 1.165) is 5.92 Å². The van der Waals surface area contributed by atoms with Crippen molar-refractivity contribution in [3.8, 4) is 0 Å². The molecule has 0 fully saturated rings. The molecule has 2 heteroatoms. The zero-order chi connectivity index (χ0) is 15.6. The second kappa shape index (κ2) is 19.3. The van der Waals surface area contributed by atoms with Crippen LogP contribution in [0, 0.1) is 5.92 Å². The second-order valence-electron chi connectivity index (χ2n) is 6.97. The van der Waals surface area contributed by atoms with Crippen LogP contribution in [0.5, 0.6) is 0 Å². The molecule has 1 atom stereocenters. The van der Waals surface area contributed by atoms with Crippen LogP contribution in [0.2, 0.25) is 4.55 Å². The molecule has 0 amide bonds. The van der Waals surface area contributed by atoms with Crippen LogP contribution < -0.4 is 0 Å². The molecule has 0 radical (unpaired) electrons. The summed E-state index contributed by atoms with van der Waals surface area (Å²) >= 11 is 3.79. The van der Waals surface area contributed by atoms with Crippen LogP contribution in [0.25, 0.3) is 0 Å². The topological polar surface area (TPSA) is 0 Å². The van der Waals surface area contributed by atoms with E-state index >= 15 is 0 Å². The molecule has 0 aliphatic heterocycles. The number of unbranched alkanes of at least 4 members (excludes halogenated alkanes) is 13. The highest BCUT2D eigenvalue weighted by molar-refractivity contribution is 9.23. The monoisotopic (exact) mass is 370 g/mol. The van der Waals surface area contributed by atoms with Crippen molar-refractivity contribution in [2.24, 2.45) is 5.92 Å². The molecule has 0 saturated heterocycles. The van der Waals surface area contributed by atoms with Gasteiger partial charge in [-0.1, -0.05) is 116 Å². The normalized spacial score (nSPS) is 12.3. The summed E-state index contributed by atoms with van der Waals surface area (Å²) in [7, 11) is 0. The molecule has 0 saturated carbocycles. The van der Waals surface area contributed by atoms with Crippen LogP contribution in [0.4, 0.5) is 0 Å².